The molecule has 0 radical (unpaired) electrons. The average molecular weight is 763 g/mol. The Morgan fingerprint density at radius 1 is 0.217 bits per heavy atom. The molecular weight excluding hydrogens is 729 g/mol. The van der Waals surface area contributed by atoms with E-state index >= 15 is 0 Å². The summed E-state index contributed by atoms with van der Waals surface area (Å²) in [6.45, 7) is 0. The van der Waals surface area contributed by atoms with E-state index in [9.17, 15) is 0 Å². The first-order valence-corrected chi connectivity index (χ1v) is 20.6. The second kappa shape index (κ2) is 12.8. The molecule has 2 nitrogen and oxygen atoms in total. The number of rotatable bonds is 4. The molecule has 0 aliphatic carbocycles. The standard InChI is InChI=1S/C58H34O2/c1-2-15-35(16-3-1)54-40-18-4-6-20-42(40)55(43-21-7-5-19-41(43)54)36-30-32-52-50(33-36)48-26-14-27-49(58(48)60-52)57-46-24-10-8-22-44(46)56(45-23-9-11-25-47(45)57)37-29-31-39-38-17-12-13-28-51(38)59-53(39)34-37/h1-34H. The number of furan rings is 2. The maximum atomic E-state index is 6.96. The summed E-state index contributed by atoms with van der Waals surface area (Å²) in [5.41, 5.74) is 13.1. The summed E-state index contributed by atoms with van der Waals surface area (Å²) in [6, 6.07) is 74.4. The molecule has 0 saturated carbocycles. The van der Waals surface area contributed by atoms with E-state index in [0.29, 0.717) is 0 Å². The molecule has 0 aliphatic heterocycles. The lowest BCUT2D eigenvalue weighted by Crippen LogP contribution is -1.91. The maximum absolute atomic E-state index is 6.96. The van der Waals surface area contributed by atoms with Crippen molar-refractivity contribution in [2.24, 2.45) is 0 Å². The van der Waals surface area contributed by atoms with Gasteiger partial charge in [0.05, 0.1) is 0 Å². The monoisotopic (exact) mass is 762 g/mol. The van der Waals surface area contributed by atoms with Crippen molar-refractivity contribution in [2.45, 2.75) is 0 Å². The van der Waals surface area contributed by atoms with Crippen molar-refractivity contribution in [1.29, 1.82) is 0 Å². The highest BCUT2D eigenvalue weighted by Gasteiger charge is 2.22. The molecule has 0 spiro atoms. The Morgan fingerprint density at radius 2 is 0.650 bits per heavy atom. The topological polar surface area (TPSA) is 26.3 Å². The number of benzene rings is 11. The molecule has 0 unspecified atom stereocenters. The second-order valence-electron chi connectivity index (χ2n) is 15.9. The van der Waals surface area contributed by atoms with Gasteiger partial charge in [-0.2, -0.15) is 0 Å². The minimum Gasteiger partial charge on any atom is -0.456 e. The molecule has 2 aromatic heterocycles. The van der Waals surface area contributed by atoms with Crippen LogP contribution >= 0.6 is 0 Å². The molecule has 278 valence electrons. The average Bonchev–Trinajstić information content (AvgIpc) is 3.88. The quantitative estimate of drug-likeness (QED) is 0.167. The highest BCUT2D eigenvalue weighted by molar-refractivity contribution is 6.26. The number of fused-ring (bicyclic) bond motifs is 10. The zero-order chi connectivity index (χ0) is 39.3. The summed E-state index contributed by atoms with van der Waals surface area (Å²) in [5.74, 6) is 0. The van der Waals surface area contributed by atoms with E-state index in [-0.39, 0.29) is 0 Å². The molecule has 0 N–H and O–H groups in total. The molecule has 13 rings (SSSR count). The van der Waals surface area contributed by atoms with Gasteiger partial charge >= 0.3 is 0 Å². The van der Waals surface area contributed by atoms with Crippen LogP contribution in [0, 0.1) is 0 Å². The van der Waals surface area contributed by atoms with Crippen molar-refractivity contribution >= 4 is 87.0 Å². The van der Waals surface area contributed by atoms with E-state index in [4.69, 9.17) is 8.83 Å². The van der Waals surface area contributed by atoms with Crippen molar-refractivity contribution < 1.29 is 8.83 Å². The first kappa shape index (κ1) is 33.1. The van der Waals surface area contributed by atoms with Crippen LogP contribution < -0.4 is 0 Å². The molecule has 0 atom stereocenters. The van der Waals surface area contributed by atoms with Crippen molar-refractivity contribution in [3.63, 3.8) is 0 Å². The summed E-state index contributed by atoms with van der Waals surface area (Å²) in [7, 11) is 0. The Morgan fingerprint density at radius 3 is 1.25 bits per heavy atom. The van der Waals surface area contributed by atoms with Gasteiger partial charge < -0.3 is 8.83 Å². The lowest BCUT2D eigenvalue weighted by atomic mass is 9.85. The van der Waals surface area contributed by atoms with Gasteiger partial charge in [-0.3, -0.25) is 0 Å². The molecule has 2 heteroatoms. The normalized spacial score (nSPS) is 12.0. The fourth-order valence-corrected chi connectivity index (χ4v) is 10.1. The zero-order valence-corrected chi connectivity index (χ0v) is 32.4. The molecule has 60 heavy (non-hydrogen) atoms. The molecule has 13 aromatic rings. The molecule has 0 saturated heterocycles. The van der Waals surface area contributed by atoms with Crippen LogP contribution in [0.15, 0.2) is 215 Å². The van der Waals surface area contributed by atoms with Crippen molar-refractivity contribution in [3.05, 3.63) is 206 Å². The van der Waals surface area contributed by atoms with E-state index in [1.54, 1.807) is 0 Å². The Kier molecular flexibility index (Phi) is 7.05. The Balaban J connectivity index is 1.04. The van der Waals surface area contributed by atoms with Gasteiger partial charge in [-0.25, -0.2) is 0 Å². The van der Waals surface area contributed by atoms with Gasteiger partial charge in [0.25, 0.3) is 0 Å². The Hall–Kier alpha value is -7.94. The van der Waals surface area contributed by atoms with Gasteiger partial charge in [0, 0.05) is 32.7 Å². The van der Waals surface area contributed by atoms with Gasteiger partial charge in [0.2, 0.25) is 0 Å². The summed E-state index contributed by atoms with van der Waals surface area (Å²) >= 11 is 0. The maximum Gasteiger partial charge on any atom is 0.143 e. The number of hydrogen-bond donors (Lipinski definition) is 0. The summed E-state index contributed by atoms with van der Waals surface area (Å²) in [4.78, 5) is 0. The van der Waals surface area contributed by atoms with E-state index in [0.717, 1.165) is 55.0 Å². The molecule has 0 aliphatic rings. The molecular formula is C58H34O2. The Bertz CT molecular complexity index is 3770. The first-order chi connectivity index (χ1) is 29.8. The van der Waals surface area contributed by atoms with Crippen molar-refractivity contribution in [1.82, 2.24) is 0 Å². The van der Waals surface area contributed by atoms with Crippen molar-refractivity contribution in [3.8, 4) is 44.5 Å². The van der Waals surface area contributed by atoms with Gasteiger partial charge in [-0.15, -0.1) is 0 Å². The molecule has 2 heterocycles. The minimum absolute atomic E-state index is 0.875. The zero-order valence-electron chi connectivity index (χ0n) is 32.4. The third-order valence-electron chi connectivity index (χ3n) is 12.6. The van der Waals surface area contributed by atoms with Gasteiger partial charge in [-0.05, 0) is 107 Å². The highest BCUT2D eigenvalue weighted by Crippen LogP contribution is 2.49. The van der Waals surface area contributed by atoms with E-state index in [2.05, 4.69) is 194 Å². The van der Waals surface area contributed by atoms with E-state index < -0.39 is 0 Å². The summed E-state index contributed by atoms with van der Waals surface area (Å²) < 4.78 is 13.4. The minimum atomic E-state index is 0.875. The fourth-order valence-electron chi connectivity index (χ4n) is 10.1. The third-order valence-corrected chi connectivity index (χ3v) is 12.6. The van der Waals surface area contributed by atoms with Crippen LogP contribution in [0.4, 0.5) is 0 Å². The van der Waals surface area contributed by atoms with Crippen LogP contribution in [0.2, 0.25) is 0 Å². The molecule has 0 amide bonds. The third kappa shape index (κ3) is 4.76. The molecule has 0 bridgehead atoms. The van der Waals surface area contributed by atoms with Crippen LogP contribution in [0.1, 0.15) is 0 Å². The SMILES string of the molecule is c1ccc(-c2c3ccccc3c(-c3ccc4oc5c(-c6c7ccccc7c(-c7ccc8c(c7)oc7ccccc78)c7ccccc67)cccc5c4c3)c3ccccc23)cc1. The lowest BCUT2D eigenvalue weighted by Gasteiger charge is -2.18. The van der Waals surface area contributed by atoms with Crippen LogP contribution in [-0.4, -0.2) is 0 Å². The fraction of sp³-hybridized carbons (Fsp3) is 0. The van der Waals surface area contributed by atoms with Crippen LogP contribution in [0.3, 0.4) is 0 Å². The largest absolute Gasteiger partial charge is 0.456 e. The van der Waals surface area contributed by atoms with E-state index in [1.807, 2.05) is 12.1 Å². The number of hydrogen-bond acceptors (Lipinski definition) is 2. The van der Waals surface area contributed by atoms with Crippen LogP contribution in [0.5, 0.6) is 0 Å². The number of para-hydroxylation sites is 2. The highest BCUT2D eigenvalue weighted by atomic mass is 16.3. The molecule has 11 aromatic carbocycles. The lowest BCUT2D eigenvalue weighted by molar-refractivity contribution is 0.669. The second-order valence-corrected chi connectivity index (χ2v) is 15.9. The Labute approximate surface area is 345 Å². The molecule has 0 fully saturated rings. The van der Waals surface area contributed by atoms with Gasteiger partial charge in [0.15, 0.2) is 0 Å². The predicted octanol–water partition coefficient (Wildman–Crippen LogP) is 16.8. The first-order valence-electron chi connectivity index (χ1n) is 20.6. The van der Waals surface area contributed by atoms with Crippen molar-refractivity contribution in [2.75, 3.05) is 0 Å². The van der Waals surface area contributed by atoms with E-state index in [1.165, 1.54) is 76.5 Å². The van der Waals surface area contributed by atoms with Crippen LogP contribution in [0.25, 0.3) is 131 Å². The van der Waals surface area contributed by atoms with Crippen LogP contribution in [-0.2, 0) is 0 Å². The van der Waals surface area contributed by atoms with Gasteiger partial charge in [0.1, 0.15) is 22.3 Å². The van der Waals surface area contributed by atoms with Gasteiger partial charge in [-0.1, -0.05) is 176 Å². The summed E-state index contributed by atoms with van der Waals surface area (Å²) in [6.07, 6.45) is 0. The smallest absolute Gasteiger partial charge is 0.143 e. The summed E-state index contributed by atoms with van der Waals surface area (Å²) in [5, 5.41) is 14.2. The predicted molar refractivity (Wildman–Crippen MR) is 253 cm³/mol.